The molecule has 3 heterocycles. The van der Waals surface area contributed by atoms with Gasteiger partial charge in [0.25, 0.3) is 0 Å². The average Bonchev–Trinajstić information content (AvgIpc) is 2.55. The van der Waals surface area contributed by atoms with Crippen molar-refractivity contribution < 1.29 is 4.74 Å². The van der Waals surface area contributed by atoms with Crippen molar-refractivity contribution in [1.82, 2.24) is 15.0 Å². The van der Waals surface area contributed by atoms with E-state index < -0.39 is 0 Å². The van der Waals surface area contributed by atoms with Gasteiger partial charge in [-0.15, -0.1) is 0 Å². The molecule has 0 unspecified atom stereocenters. The number of halogens is 1. The van der Waals surface area contributed by atoms with Crippen molar-refractivity contribution in [2.45, 2.75) is 6.61 Å². The first-order valence-corrected chi connectivity index (χ1v) is 6.89. The number of fused-ring (bicyclic) bond motifs is 3. The summed E-state index contributed by atoms with van der Waals surface area (Å²) in [5, 5.41) is 0.454. The van der Waals surface area contributed by atoms with Crippen LogP contribution in [-0.2, 0) is 6.61 Å². The van der Waals surface area contributed by atoms with Gasteiger partial charge in [0.05, 0.1) is 5.69 Å². The Bertz CT molecular complexity index is 818. The number of nitrogens with zero attached hydrogens (tertiary/aromatic N) is 3. The third-order valence-corrected chi connectivity index (χ3v) is 3.60. The van der Waals surface area contributed by atoms with Gasteiger partial charge in [-0.25, -0.2) is 15.0 Å². The van der Waals surface area contributed by atoms with Crippen LogP contribution in [0.5, 0.6) is 5.75 Å². The van der Waals surface area contributed by atoms with Crippen molar-refractivity contribution in [3.05, 3.63) is 59.5 Å². The number of pyridine rings is 1. The van der Waals surface area contributed by atoms with Crippen LogP contribution < -0.4 is 4.74 Å². The third-order valence-electron chi connectivity index (χ3n) is 3.38. The smallest absolute Gasteiger partial charge is 0.161 e. The molecule has 4 nitrogen and oxygen atoms in total. The summed E-state index contributed by atoms with van der Waals surface area (Å²) in [4.78, 5) is 13.1. The number of benzene rings is 1. The molecule has 5 heteroatoms. The number of ether oxygens (including phenoxy) is 1. The zero-order valence-corrected chi connectivity index (χ0v) is 11.7. The Labute approximate surface area is 126 Å². The second kappa shape index (κ2) is 4.82. The highest BCUT2D eigenvalue weighted by Gasteiger charge is 2.19. The lowest BCUT2D eigenvalue weighted by molar-refractivity contribution is 0.301. The van der Waals surface area contributed by atoms with E-state index in [2.05, 4.69) is 15.0 Å². The van der Waals surface area contributed by atoms with Crippen molar-refractivity contribution in [1.29, 1.82) is 0 Å². The van der Waals surface area contributed by atoms with Crippen LogP contribution >= 0.6 is 11.6 Å². The topological polar surface area (TPSA) is 47.9 Å². The minimum absolute atomic E-state index is 0.454. The molecule has 2 aromatic heterocycles. The summed E-state index contributed by atoms with van der Waals surface area (Å²) in [6, 6.07) is 11.5. The van der Waals surface area contributed by atoms with Gasteiger partial charge >= 0.3 is 0 Å². The molecule has 4 rings (SSSR count). The molecule has 0 saturated heterocycles. The highest BCUT2D eigenvalue weighted by atomic mass is 35.5. The van der Waals surface area contributed by atoms with Crippen LogP contribution in [0.25, 0.3) is 22.6 Å². The molecule has 0 radical (unpaired) electrons. The van der Waals surface area contributed by atoms with Crippen LogP contribution in [0.15, 0.2) is 48.8 Å². The molecule has 0 saturated carbocycles. The second-order valence-electron chi connectivity index (χ2n) is 4.72. The SMILES string of the molecule is Clc1ccc(-c2ncc3c(n2)-c2ccccc2OC3)cn1. The lowest BCUT2D eigenvalue weighted by atomic mass is 10.0. The van der Waals surface area contributed by atoms with Gasteiger partial charge in [-0.1, -0.05) is 23.7 Å². The number of aromatic nitrogens is 3. The summed E-state index contributed by atoms with van der Waals surface area (Å²) < 4.78 is 5.70. The van der Waals surface area contributed by atoms with Gasteiger partial charge in [0.1, 0.15) is 17.5 Å². The molecule has 102 valence electrons. The van der Waals surface area contributed by atoms with Gasteiger partial charge in [-0.2, -0.15) is 0 Å². The Hall–Kier alpha value is -2.46. The van der Waals surface area contributed by atoms with Crippen molar-refractivity contribution in [3.63, 3.8) is 0 Å². The largest absolute Gasteiger partial charge is 0.488 e. The molecule has 1 aromatic carbocycles. The number of para-hydroxylation sites is 1. The minimum atomic E-state index is 0.454. The summed E-state index contributed by atoms with van der Waals surface area (Å²) in [7, 11) is 0. The predicted octanol–water partition coefficient (Wildman–Crippen LogP) is 3.75. The van der Waals surface area contributed by atoms with E-state index >= 15 is 0 Å². The summed E-state index contributed by atoms with van der Waals surface area (Å²) in [6.45, 7) is 0.492. The fraction of sp³-hybridized carbons (Fsp3) is 0.0625. The highest BCUT2D eigenvalue weighted by Crippen LogP contribution is 2.36. The first kappa shape index (κ1) is 12.3. The maximum Gasteiger partial charge on any atom is 0.161 e. The minimum Gasteiger partial charge on any atom is -0.488 e. The van der Waals surface area contributed by atoms with E-state index in [1.54, 1.807) is 12.3 Å². The quantitative estimate of drug-likeness (QED) is 0.642. The average molecular weight is 296 g/mol. The van der Waals surface area contributed by atoms with Crippen LogP contribution in [0.3, 0.4) is 0 Å². The van der Waals surface area contributed by atoms with Crippen LogP contribution in [0.2, 0.25) is 5.15 Å². The van der Waals surface area contributed by atoms with Crippen LogP contribution in [0.4, 0.5) is 0 Å². The predicted molar refractivity (Wildman–Crippen MR) is 80.0 cm³/mol. The van der Waals surface area contributed by atoms with Crippen LogP contribution in [0, 0.1) is 0 Å². The fourth-order valence-electron chi connectivity index (χ4n) is 2.34. The molecule has 1 aliphatic rings. The Morgan fingerprint density at radius 3 is 2.76 bits per heavy atom. The number of rotatable bonds is 1. The first-order valence-electron chi connectivity index (χ1n) is 6.51. The van der Waals surface area contributed by atoms with E-state index in [1.165, 1.54) is 0 Å². The maximum atomic E-state index is 5.81. The molecule has 0 aliphatic carbocycles. The monoisotopic (exact) mass is 295 g/mol. The van der Waals surface area contributed by atoms with E-state index in [0.717, 1.165) is 28.1 Å². The van der Waals surface area contributed by atoms with Crippen molar-refractivity contribution >= 4 is 11.6 Å². The molecular formula is C16H10ClN3O. The van der Waals surface area contributed by atoms with Gasteiger partial charge in [0.15, 0.2) is 5.82 Å². The second-order valence-corrected chi connectivity index (χ2v) is 5.11. The molecule has 0 spiro atoms. The van der Waals surface area contributed by atoms with Gasteiger partial charge in [0, 0.05) is 29.1 Å². The Kier molecular flexibility index (Phi) is 2.82. The van der Waals surface area contributed by atoms with E-state index in [1.807, 2.05) is 36.5 Å². The maximum absolute atomic E-state index is 5.81. The summed E-state index contributed by atoms with van der Waals surface area (Å²) in [5.41, 5.74) is 3.73. The van der Waals surface area contributed by atoms with E-state index in [-0.39, 0.29) is 0 Å². The molecule has 3 aromatic rings. The molecule has 0 atom stereocenters. The first-order chi connectivity index (χ1) is 10.3. The van der Waals surface area contributed by atoms with Gasteiger partial charge < -0.3 is 4.74 Å². The molecule has 0 amide bonds. The van der Waals surface area contributed by atoms with Gasteiger partial charge in [-0.05, 0) is 24.3 Å². The van der Waals surface area contributed by atoms with Crippen molar-refractivity contribution in [2.75, 3.05) is 0 Å². The fourth-order valence-corrected chi connectivity index (χ4v) is 2.45. The van der Waals surface area contributed by atoms with Crippen LogP contribution in [0.1, 0.15) is 5.56 Å². The molecule has 0 bridgehead atoms. The summed E-state index contributed by atoms with van der Waals surface area (Å²) in [6.07, 6.45) is 3.48. The van der Waals surface area contributed by atoms with Crippen molar-refractivity contribution in [2.24, 2.45) is 0 Å². The summed E-state index contributed by atoms with van der Waals surface area (Å²) in [5.74, 6) is 1.48. The Balaban J connectivity index is 1.86. The van der Waals surface area contributed by atoms with Crippen molar-refractivity contribution in [3.8, 4) is 28.4 Å². The zero-order chi connectivity index (χ0) is 14.2. The normalized spacial score (nSPS) is 12.2. The van der Waals surface area contributed by atoms with Gasteiger partial charge in [-0.3, -0.25) is 0 Å². The molecule has 0 fully saturated rings. The molecule has 1 aliphatic heterocycles. The van der Waals surface area contributed by atoms with E-state index in [0.29, 0.717) is 17.6 Å². The third kappa shape index (κ3) is 2.14. The lowest BCUT2D eigenvalue weighted by Crippen LogP contribution is -2.08. The zero-order valence-electron chi connectivity index (χ0n) is 11.0. The lowest BCUT2D eigenvalue weighted by Gasteiger charge is -2.19. The van der Waals surface area contributed by atoms with Gasteiger partial charge in [0.2, 0.25) is 0 Å². The highest BCUT2D eigenvalue weighted by molar-refractivity contribution is 6.29. The van der Waals surface area contributed by atoms with E-state index in [4.69, 9.17) is 16.3 Å². The molecule has 0 N–H and O–H groups in total. The number of hydrogen-bond donors (Lipinski definition) is 0. The molecule has 21 heavy (non-hydrogen) atoms. The number of hydrogen-bond acceptors (Lipinski definition) is 4. The Morgan fingerprint density at radius 1 is 1.00 bits per heavy atom. The Morgan fingerprint density at radius 2 is 1.90 bits per heavy atom. The standard InChI is InChI=1S/C16H10ClN3O/c17-14-6-5-10(7-18-14)16-19-8-11-9-21-13-4-2-1-3-12(13)15(11)20-16/h1-8H,9H2. The van der Waals surface area contributed by atoms with E-state index in [9.17, 15) is 0 Å². The molecular weight excluding hydrogens is 286 g/mol. The summed E-state index contributed by atoms with van der Waals surface area (Å²) >= 11 is 5.81. The van der Waals surface area contributed by atoms with Crippen LogP contribution in [-0.4, -0.2) is 15.0 Å².